The van der Waals surface area contributed by atoms with Crippen LogP contribution in [0.1, 0.15) is 11.6 Å². The third-order valence-electron chi connectivity index (χ3n) is 2.88. The number of rotatable bonds is 3. The fraction of sp³-hybridized carbons (Fsp3) is 0.545. The lowest BCUT2D eigenvalue weighted by Gasteiger charge is -2.34. The number of piperazine rings is 1. The SMILES string of the molecule is FC(F)[C@H](c1ccc(Cl)nc1)N1CCNCC1. The predicted molar refractivity (Wildman–Crippen MR) is 62.4 cm³/mol. The minimum atomic E-state index is -2.42. The van der Waals surface area contributed by atoms with Crippen molar-refractivity contribution in [1.82, 2.24) is 15.2 Å². The minimum Gasteiger partial charge on any atom is -0.314 e. The molecule has 0 aliphatic carbocycles. The Hall–Kier alpha value is -0.780. The third kappa shape index (κ3) is 3.12. The number of nitrogens with one attached hydrogen (secondary N) is 1. The maximum atomic E-state index is 13.1. The largest absolute Gasteiger partial charge is 0.314 e. The molecular weight excluding hydrogens is 248 g/mol. The molecule has 0 amide bonds. The zero-order valence-corrected chi connectivity index (χ0v) is 10.00. The molecule has 1 aromatic heterocycles. The average molecular weight is 262 g/mol. The smallest absolute Gasteiger partial charge is 0.258 e. The first kappa shape index (κ1) is 12.7. The second-order valence-electron chi connectivity index (χ2n) is 3.98. The minimum absolute atomic E-state index is 0.321. The van der Waals surface area contributed by atoms with Gasteiger partial charge in [-0.3, -0.25) is 4.90 Å². The Kier molecular flexibility index (Phi) is 4.25. The summed E-state index contributed by atoms with van der Waals surface area (Å²) in [6, 6.07) is 2.28. The molecule has 0 aromatic carbocycles. The molecule has 17 heavy (non-hydrogen) atoms. The Morgan fingerprint density at radius 3 is 2.53 bits per heavy atom. The number of halogens is 3. The van der Waals surface area contributed by atoms with Gasteiger partial charge >= 0.3 is 0 Å². The van der Waals surface area contributed by atoms with Gasteiger partial charge in [-0.25, -0.2) is 13.8 Å². The molecule has 2 heterocycles. The number of nitrogens with zero attached hydrogens (tertiary/aromatic N) is 2. The molecule has 1 fully saturated rings. The third-order valence-corrected chi connectivity index (χ3v) is 3.10. The highest BCUT2D eigenvalue weighted by Gasteiger charge is 2.30. The predicted octanol–water partition coefficient (Wildman–Crippen LogP) is 1.95. The van der Waals surface area contributed by atoms with Gasteiger partial charge in [0.05, 0.1) is 6.04 Å². The lowest BCUT2D eigenvalue weighted by Crippen LogP contribution is -2.46. The molecular formula is C11H14ClF2N3. The average Bonchev–Trinajstić information content (AvgIpc) is 2.33. The number of alkyl halides is 2. The van der Waals surface area contributed by atoms with Gasteiger partial charge in [-0.15, -0.1) is 0 Å². The van der Waals surface area contributed by atoms with Gasteiger partial charge in [-0.1, -0.05) is 17.7 Å². The normalized spacial score (nSPS) is 19.5. The summed E-state index contributed by atoms with van der Waals surface area (Å²) in [7, 11) is 0. The van der Waals surface area contributed by atoms with Gasteiger partial charge < -0.3 is 5.32 Å². The monoisotopic (exact) mass is 261 g/mol. The van der Waals surface area contributed by atoms with Crippen LogP contribution < -0.4 is 5.32 Å². The van der Waals surface area contributed by atoms with Crippen molar-refractivity contribution in [1.29, 1.82) is 0 Å². The summed E-state index contributed by atoms with van der Waals surface area (Å²) >= 11 is 5.66. The molecule has 6 heteroatoms. The molecule has 0 bridgehead atoms. The quantitative estimate of drug-likeness (QED) is 0.843. The molecule has 94 valence electrons. The molecule has 1 aliphatic rings. The molecule has 0 saturated carbocycles. The van der Waals surface area contributed by atoms with E-state index in [1.165, 1.54) is 6.20 Å². The van der Waals surface area contributed by atoms with E-state index in [-0.39, 0.29) is 0 Å². The van der Waals surface area contributed by atoms with E-state index in [0.29, 0.717) is 23.8 Å². The van der Waals surface area contributed by atoms with Crippen LogP contribution in [0.2, 0.25) is 5.15 Å². The van der Waals surface area contributed by atoms with Crippen LogP contribution in [-0.2, 0) is 0 Å². The Morgan fingerprint density at radius 2 is 2.00 bits per heavy atom. The summed E-state index contributed by atoms with van der Waals surface area (Å²) in [5, 5.41) is 3.47. The van der Waals surface area contributed by atoms with Gasteiger partial charge in [-0.2, -0.15) is 0 Å². The van der Waals surface area contributed by atoms with Crippen LogP contribution in [0.15, 0.2) is 18.3 Å². The van der Waals surface area contributed by atoms with Gasteiger partial charge in [0.25, 0.3) is 6.43 Å². The van der Waals surface area contributed by atoms with Crippen molar-refractivity contribution < 1.29 is 8.78 Å². The second kappa shape index (κ2) is 5.71. The van der Waals surface area contributed by atoms with E-state index < -0.39 is 12.5 Å². The summed E-state index contributed by atoms with van der Waals surface area (Å²) in [6.45, 7) is 2.73. The molecule has 0 radical (unpaired) electrons. The first-order chi connectivity index (χ1) is 8.18. The van der Waals surface area contributed by atoms with Crippen LogP contribution in [0.4, 0.5) is 8.78 Å². The van der Waals surface area contributed by atoms with E-state index in [1.54, 1.807) is 17.0 Å². The van der Waals surface area contributed by atoms with Crippen molar-refractivity contribution in [3.63, 3.8) is 0 Å². The molecule has 1 aliphatic heterocycles. The van der Waals surface area contributed by atoms with Crippen LogP contribution in [0.25, 0.3) is 0 Å². The molecule has 1 atom stereocenters. The summed E-state index contributed by atoms with van der Waals surface area (Å²) in [5.74, 6) is 0. The molecule has 1 N–H and O–H groups in total. The Labute approximate surface area is 104 Å². The summed E-state index contributed by atoms with van der Waals surface area (Å²) in [4.78, 5) is 5.65. The highest BCUT2D eigenvalue weighted by Crippen LogP contribution is 2.27. The van der Waals surface area contributed by atoms with Crippen LogP contribution in [0.3, 0.4) is 0 Å². The van der Waals surface area contributed by atoms with Crippen LogP contribution in [0, 0.1) is 0 Å². The standard InChI is InChI=1S/C11H14ClF2N3/c12-9-2-1-8(7-16-9)10(11(13)14)17-5-3-15-4-6-17/h1-2,7,10-11,15H,3-6H2/t10-/m0/s1. The fourth-order valence-corrected chi connectivity index (χ4v) is 2.15. The summed E-state index contributed by atoms with van der Waals surface area (Å²) in [6.07, 6.45) is -0.989. The fourth-order valence-electron chi connectivity index (χ4n) is 2.04. The molecule has 2 rings (SSSR count). The topological polar surface area (TPSA) is 28.2 Å². The number of pyridine rings is 1. The zero-order chi connectivity index (χ0) is 12.3. The van der Waals surface area contributed by atoms with Gasteiger partial charge in [0, 0.05) is 32.4 Å². The molecule has 3 nitrogen and oxygen atoms in total. The Morgan fingerprint density at radius 1 is 1.29 bits per heavy atom. The zero-order valence-electron chi connectivity index (χ0n) is 9.24. The van der Waals surface area contributed by atoms with Gasteiger partial charge in [-0.05, 0) is 11.6 Å². The van der Waals surface area contributed by atoms with E-state index in [1.807, 2.05) is 0 Å². The van der Waals surface area contributed by atoms with Crippen molar-refractivity contribution in [2.75, 3.05) is 26.2 Å². The lowest BCUT2D eigenvalue weighted by atomic mass is 10.1. The maximum absolute atomic E-state index is 13.1. The molecule has 0 spiro atoms. The van der Waals surface area contributed by atoms with E-state index in [4.69, 9.17) is 11.6 Å². The number of hydrogen-bond acceptors (Lipinski definition) is 3. The Bertz CT molecular complexity index is 352. The summed E-state index contributed by atoms with van der Waals surface area (Å²) < 4.78 is 26.3. The maximum Gasteiger partial charge on any atom is 0.258 e. The van der Waals surface area contributed by atoms with Gasteiger partial charge in [0.2, 0.25) is 0 Å². The molecule has 1 aromatic rings. The highest BCUT2D eigenvalue weighted by atomic mass is 35.5. The van der Waals surface area contributed by atoms with E-state index >= 15 is 0 Å². The van der Waals surface area contributed by atoms with Crippen molar-refractivity contribution in [2.45, 2.75) is 12.5 Å². The number of hydrogen-bond donors (Lipinski definition) is 1. The van der Waals surface area contributed by atoms with Crippen molar-refractivity contribution >= 4 is 11.6 Å². The van der Waals surface area contributed by atoms with E-state index in [2.05, 4.69) is 10.3 Å². The van der Waals surface area contributed by atoms with Crippen LogP contribution in [-0.4, -0.2) is 42.5 Å². The van der Waals surface area contributed by atoms with E-state index in [0.717, 1.165) is 13.1 Å². The summed E-state index contributed by atoms with van der Waals surface area (Å²) in [5.41, 5.74) is 0.520. The first-order valence-electron chi connectivity index (χ1n) is 5.53. The van der Waals surface area contributed by atoms with Crippen molar-refractivity contribution in [2.24, 2.45) is 0 Å². The Balaban J connectivity index is 2.18. The van der Waals surface area contributed by atoms with Gasteiger partial charge in [0.1, 0.15) is 5.15 Å². The van der Waals surface area contributed by atoms with Crippen LogP contribution >= 0.6 is 11.6 Å². The van der Waals surface area contributed by atoms with Crippen molar-refractivity contribution in [3.05, 3.63) is 29.0 Å². The molecule has 1 saturated heterocycles. The van der Waals surface area contributed by atoms with Crippen LogP contribution in [0.5, 0.6) is 0 Å². The van der Waals surface area contributed by atoms with Crippen molar-refractivity contribution in [3.8, 4) is 0 Å². The second-order valence-corrected chi connectivity index (χ2v) is 4.37. The lowest BCUT2D eigenvalue weighted by molar-refractivity contribution is 0.0180. The highest BCUT2D eigenvalue weighted by molar-refractivity contribution is 6.29. The number of aromatic nitrogens is 1. The van der Waals surface area contributed by atoms with Gasteiger partial charge in [0.15, 0.2) is 0 Å². The van der Waals surface area contributed by atoms with E-state index in [9.17, 15) is 8.78 Å². The first-order valence-corrected chi connectivity index (χ1v) is 5.90. The molecule has 0 unspecified atom stereocenters.